The van der Waals surface area contributed by atoms with E-state index in [1.807, 2.05) is 35.8 Å². The van der Waals surface area contributed by atoms with Crippen molar-refractivity contribution in [1.29, 1.82) is 0 Å². The van der Waals surface area contributed by atoms with Crippen LogP contribution in [0.15, 0.2) is 24.3 Å². The van der Waals surface area contributed by atoms with Crippen LogP contribution in [0.3, 0.4) is 0 Å². The molecule has 0 fully saturated rings. The summed E-state index contributed by atoms with van der Waals surface area (Å²) >= 11 is 0. The van der Waals surface area contributed by atoms with Crippen LogP contribution >= 0.6 is 12.4 Å². The highest BCUT2D eigenvalue weighted by molar-refractivity contribution is 5.85. The number of nitrogens with zero attached hydrogens (tertiary/aromatic N) is 2. The van der Waals surface area contributed by atoms with Gasteiger partial charge in [0.25, 0.3) is 0 Å². The van der Waals surface area contributed by atoms with Crippen LogP contribution in [0.4, 0.5) is 0 Å². The van der Waals surface area contributed by atoms with Crippen molar-refractivity contribution >= 4 is 29.4 Å². The number of aliphatic carboxylic acids is 1. The maximum Gasteiger partial charge on any atom is 0.326 e. The largest absolute Gasteiger partial charge is 0.480 e. The molecule has 0 saturated carbocycles. The zero-order valence-corrected chi connectivity index (χ0v) is 12.0. The second-order valence-corrected chi connectivity index (χ2v) is 4.40. The van der Waals surface area contributed by atoms with Gasteiger partial charge in [0.05, 0.1) is 11.0 Å². The van der Waals surface area contributed by atoms with Gasteiger partial charge < -0.3 is 9.67 Å². The van der Waals surface area contributed by atoms with Gasteiger partial charge in [0.2, 0.25) is 0 Å². The second kappa shape index (κ2) is 6.57. The molecule has 1 unspecified atom stereocenters. The Bertz CT molecular complexity index is 566. The SMILES string of the molecule is CCCc1nc2ccccc2n1C(CC)C(=O)O.Cl. The van der Waals surface area contributed by atoms with Gasteiger partial charge >= 0.3 is 5.97 Å². The molecular formula is C14H19ClN2O2. The van der Waals surface area contributed by atoms with E-state index in [-0.39, 0.29) is 12.4 Å². The molecule has 1 heterocycles. The number of rotatable bonds is 5. The van der Waals surface area contributed by atoms with Crippen LogP contribution in [-0.2, 0) is 11.2 Å². The average Bonchev–Trinajstić information content (AvgIpc) is 2.69. The highest BCUT2D eigenvalue weighted by atomic mass is 35.5. The Labute approximate surface area is 118 Å². The van der Waals surface area contributed by atoms with Gasteiger partial charge in [-0.2, -0.15) is 0 Å². The van der Waals surface area contributed by atoms with Gasteiger partial charge in [0, 0.05) is 6.42 Å². The fourth-order valence-corrected chi connectivity index (χ4v) is 2.31. The lowest BCUT2D eigenvalue weighted by Crippen LogP contribution is -2.20. The third-order valence-electron chi connectivity index (χ3n) is 3.13. The van der Waals surface area contributed by atoms with E-state index in [1.165, 1.54) is 0 Å². The van der Waals surface area contributed by atoms with E-state index >= 15 is 0 Å². The number of halogens is 1. The predicted molar refractivity (Wildman–Crippen MR) is 77.9 cm³/mol. The van der Waals surface area contributed by atoms with E-state index < -0.39 is 12.0 Å². The molecule has 0 saturated heterocycles. The normalized spacial score (nSPS) is 12.1. The third kappa shape index (κ3) is 2.89. The summed E-state index contributed by atoms with van der Waals surface area (Å²) in [7, 11) is 0. The monoisotopic (exact) mass is 282 g/mol. The van der Waals surface area contributed by atoms with Crippen LogP contribution in [0.5, 0.6) is 0 Å². The highest BCUT2D eigenvalue weighted by Gasteiger charge is 2.22. The van der Waals surface area contributed by atoms with Crippen LogP contribution in [0, 0.1) is 0 Å². The Balaban J connectivity index is 0.00000180. The summed E-state index contributed by atoms with van der Waals surface area (Å²) in [6.45, 7) is 3.97. The molecule has 5 heteroatoms. The molecule has 2 aromatic rings. The van der Waals surface area contributed by atoms with Gasteiger partial charge in [-0.05, 0) is 25.0 Å². The van der Waals surface area contributed by atoms with Gasteiger partial charge in [0.1, 0.15) is 11.9 Å². The number of carboxylic acid groups (broad SMARTS) is 1. The van der Waals surface area contributed by atoms with Gasteiger partial charge in [-0.1, -0.05) is 26.0 Å². The number of benzene rings is 1. The number of para-hydroxylation sites is 2. The molecule has 1 atom stereocenters. The predicted octanol–water partition coefficient (Wildman–Crippen LogP) is 3.45. The molecule has 1 N–H and O–H groups in total. The Kier molecular flexibility index (Phi) is 5.36. The van der Waals surface area contributed by atoms with Crippen molar-refractivity contribution in [3.63, 3.8) is 0 Å². The number of carboxylic acids is 1. The minimum absolute atomic E-state index is 0. The fraction of sp³-hybridized carbons (Fsp3) is 0.429. The zero-order valence-electron chi connectivity index (χ0n) is 11.2. The topological polar surface area (TPSA) is 55.1 Å². The maximum absolute atomic E-state index is 11.4. The first-order valence-corrected chi connectivity index (χ1v) is 6.37. The van der Waals surface area contributed by atoms with Crippen molar-refractivity contribution in [1.82, 2.24) is 9.55 Å². The van der Waals surface area contributed by atoms with Crippen LogP contribution < -0.4 is 0 Å². The number of aromatic nitrogens is 2. The minimum atomic E-state index is -0.794. The maximum atomic E-state index is 11.4. The van der Waals surface area contributed by atoms with Crippen molar-refractivity contribution in [2.45, 2.75) is 39.2 Å². The molecule has 0 aliphatic rings. The molecular weight excluding hydrogens is 264 g/mol. The van der Waals surface area contributed by atoms with Crippen molar-refractivity contribution in [3.8, 4) is 0 Å². The molecule has 0 spiro atoms. The summed E-state index contributed by atoms with van der Waals surface area (Å²) in [5.74, 6) is 0.0750. The van der Waals surface area contributed by atoms with E-state index in [9.17, 15) is 9.90 Å². The van der Waals surface area contributed by atoms with Gasteiger partial charge in [0.15, 0.2) is 0 Å². The van der Waals surface area contributed by atoms with Crippen molar-refractivity contribution in [2.75, 3.05) is 0 Å². The Morgan fingerprint density at radius 2 is 2.05 bits per heavy atom. The molecule has 0 radical (unpaired) electrons. The van der Waals surface area contributed by atoms with Crippen molar-refractivity contribution in [2.24, 2.45) is 0 Å². The summed E-state index contributed by atoms with van der Waals surface area (Å²) in [6, 6.07) is 7.19. The molecule has 0 aliphatic carbocycles. The smallest absolute Gasteiger partial charge is 0.326 e. The van der Waals surface area contributed by atoms with E-state index in [1.54, 1.807) is 0 Å². The minimum Gasteiger partial charge on any atom is -0.480 e. The first-order chi connectivity index (χ1) is 8.69. The van der Waals surface area contributed by atoms with Crippen LogP contribution in [0.25, 0.3) is 11.0 Å². The molecule has 4 nitrogen and oxygen atoms in total. The first-order valence-electron chi connectivity index (χ1n) is 6.37. The Morgan fingerprint density at radius 1 is 1.37 bits per heavy atom. The molecule has 0 bridgehead atoms. The van der Waals surface area contributed by atoms with Crippen molar-refractivity contribution in [3.05, 3.63) is 30.1 Å². The van der Waals surface area contributed by atoms with Gasteiger partial charge in [-0.15, -0.1) is 12.4 Å². The summed E-state index contributed by atoms with van der Waals surface area (Å²) in [4.78, 5) is 15.9. The van der Waals surface area contributed by atoms with Crippen molar-refractivity contribution < 1.29 is 9.90 Å². The first kappa shape index (κ1) is 15.5. The number of fused-ring (bicyclic) bond motifs is 1. The molecule has 0 aliphatic heterocycles. The lowest BCUT2D eigenvalue weighted by atomic mass is 10.2. The fourth-order valence-electron chi connectivity index (χ4n) is 2.31. The summed E-state index contributed by atoms with van der Waals surface area (Å²) in [5, 5.41) is 9.35. The number of hydrogen-bond donors (Lipinski definition) is 1. The molecule has 1 aromatic carbocycles. The van der Waals surface area contributed by atoms with Gasteiger partial charge in [-0.3, -0.25) is 0 Å². The average molecular weight is 283 g/mol. The van der Waals surface area contributed by atoms with E-state index in [2.05, 4.69) is 11.9 Å². The molecule has 1 aromatic heterocycles. The lowest BCUT2D eigenvalue weighted by molar-refractivity contribution is -0.140. The number of carbonyl (C=O) groups is 1. The molecule has 104 valence electrons. The Morgan fingerprint density at radius 3 is 2.63 bits per heavy atom. The standard InChI is InChI=1S/C14H18N2O2.ClH/c1-3-7-13-15-10-8-5-6-9-12(10)16(13)11(4-2)14(17)18;/h5-6,8-9,11H,3-4,7H2,1-2H3,(H,17,18);1H. The third-order valence-corrected chi connectivity index (χ3v) is 3.13. The number of aryl methyl sites for hydroxylation is 1. The summed E-state index contributed by atoms with van der Waals surface area (Å²) in [6.07, 6.45) is 2.32. The highest BCUT2D eigenvalue weighted by Crippen LogP contribution is 2.24. The zero-order chi connectivity index (χ0) is 13.1. The van der Waals surface area contributed by atoms with E-state index in [4.69, 9.17) is 0 Å². The summed E-state index contributed by atoms with van der Waals surface area (Å²) in [5.41, 5.74) is 1.79. The van der Waals surface area contributed by atoms with Crippen LogP contribution in [0.1, 0.15) is 38.6 Å². The number of imidazole rings is 1. The number of hydrogen-bond acceptors (Lipinski definition) is 2. The van der Waals surface area contributed by atoms with E-state index in [0.717, 1.165) is 29.7 Å². The van der Waals surface area contributed by atoms with Crippen LogP contribution in [-0.4, -0.2) is 20.6 Å². The van der Waals surface area contributed by atoms with Gasteiger partial charge in [-0.25, -0.2) is 9.78 Å². The van der Waals surface area contributed by atoms with Crippen LogP contribution in [0.2, 0.25) is 0 Å². The quantitative estimate of drug-likeness (QED) is 0.914. The second-order valence-electron chi connectivity index (χ2n) is 4.40. The van der Waals surface area contributed by atoms with E-state index in [0.29, 0.717) is 6.42 Å². The molecule has 0 amide bonds. The molecule has 19 heavy (non-hydrogen) atoms. The Hall–Kier alpha value is -1.55. The lowest BCUT2D eigenvalue weighted by Gasteiger charge is -2.16. The summed E-state index contributed by atoms with van der Waals surface area (Å²) < 4.78 is 1.88. The molecule has 2 rings (SSSR count).